The van der Waals surface area contributed by atoms with Gasteiger partial charge in [0, 0.05) is 32.1 Å². The predicted octanol–water partition coefficient (Wildman–Crippen LogP) is 0.248. The van der Waals surface area contributed by atoms with Crippen molar-refractivity contribution in [3.8, 4) is 0 Å². The molecule has 0 spiro atoms. The van der Waals surface area contributed by atoms with Gasteiger partial charge in [0.25, 0.3) is 0 Å². The Balaban J connectivity index is 1.43. The zero-order chi connectivity index (χ0) is 20.9. The molecule has 0 unspecified atom stereocenters. The molecular formula is C20H28N4O5. The van der Waals surface area contributed by atoms with Crippen LogP contribution in [0.2, 0.25) is 0 Å². The molecule has 4 atom stereocenters. The van der Waals surface area contributed by atoms with E-state index in [1.54, 1.807) is 11.8 Å². The molecule has 0 bridgehead atoms. The van der Waals surface area contributed by atoms with Crippen LogP contribution in [0.3, 0.4) is 0 Å². The minimum atomic E-state index is -1.11. The van der Waals surface area contributed by atoms with E-state index >= 15 is 0 Å². The lowest BCUT2D eigenvalue weighted by atomic mass is 9.82. The number of amidine groups is 1. The Morgan fingerprint density at radius 3 is 2.52 bits per heavy atom. The number of aliphatic hydroxyl groups is 1. The molecular weight excluding hydrogens is 376 g/mol. The van der Waals surface area contributed by atoms with Crippen LogP contribution < -0.4 is 0 Å². The van der Waals surface area contributed by atoms with Crippen molar-refractivity contribution in [2.24, 2.45) is 11.8 Å². The lowest BCUT2D eigenvalue weighted by Crippen LogP contribution is -2.61. The van der Waals surface area contributed by atoms with Gasteiger partial charge in [-0.05, 0) is 38.2 Å². The van der Waals surface area contributed by atoms with E-state index in [9.17, 15) is 24.6 Å². The van der Waals surface area contributed by atoms with Gasteiger partial charge in [-0.2, -0.15) is 0 Å². The Hall–Kier alpha value is -2.42. The Bertz CT molecular complexity index is 786. The molecule has 4 aliphatic heterocycles. The smallest absolute Gasteiger partial charge is 0.352 e. The summed E-state index contributed by atoms with van der Waals surface area (Å²) in [4.78, 5) is 41.5. The number of carbonyl (C=O) groups excluding carboxylic acids is 2. The summed E-state index contributed by atoms with van der Waals surface area (Å²) < 4.78 is 0. The van der Waals surface area contributed by atoms with E-state index < -0.39 is 18.0 Å². The topological polar surface area (TPSA) is 125 Å². The van der Waals surface area contributed by atoms with Crippen LogP contribution in [0.5, 0.6) is 0 Å². The standard InChI is InChI=1S/C20H28N4O5/c1-11(25)17-14-8-13(18(20(28)29)24(14)19(17)27)12-4-7-23(10-12)15(21)9-16(26)22-5-2-3-6-22/h11-12,14,17,21,25H,2-10H2,1H3,(H,28,29)/t11-,12-,14-,17-/m1/s1. The summed E-state index contributed by atoms with van der Waals surface area (Å²) in [5.41, 5.74) is 0.795. The highest BCUT2D eigenvalue weighted by Crippen LogP contribution is 2.47. The summed E-state index contributed by atoms with van der Waals surface area (Å²) in [6, 6.07) is -0.283. The van der Waals surface area contributed by atoms with Crippen LogP contribution >= 0.6 is 0 Å². The summed E-state index contributed by atoms with van der Waals surface area (Å²) in [6.45, 7) is 4.19. The monoisotopic (exact) mass is 404 g/mol. The molecule has 3 N–H and O–H groups in total. The molecule has 4 aliphatic rings. The summed E-state index contributed by atoms with van der Waals surface area (Å²) in [5, 5.41) is 27.9. The lowest BCUT2D eigenvalue weighted by molar-refractivity contribution is -0.161. The van der Waals surface area contributed by atoms with Crippen LogP contribution in [0.1, 0.15) is 39.0 Å². The third-order valence-electron chi connectivity index (χ3n) is 6.81. The van der Waals surface area contributed by atoms with E-state index in [1.165, 1.54) is 4.90 Å². The van der Waals surface area contributed by atoms with Gasteiger partial charge in [0.15, 0.2) is 0 Å². The van der Waals surface area contributed by atoms with E-state index in [1.807, 2.05) is 4.90 Å². The molecule has 4 heterocycles. The van der Waals surface area contributed by atoms with Gasteiger partial charge in [-0.15, -0.1) is 0 Å². The number of aliphatic carboxylic acids is 1. The molecule has 29 heavy (non-hydrogen) atoms. The van der Waals surface area contributed by atoms with Crippen molar-refractivity contribution in [1.29, 1.82) is 5.41 Å². The van der Waals surface area contributed by atoms with Crippen LogP contribution in [-0.4, -0.2) is 86.9 Å². The fourth-order valence-electron chi connectivity index (χ4n) is 5.29. The van der Waals surface area contributed by atoms with Gasteiger partial charge in [0.2, 0.25) is 11.8 Å². The number of rotatable bonds is 5. The minimum absolute atomic E-state index is 0.0169. The maximum atomic E-state index is 12.4. The molecule has 0 aromatic heterocycles. The molecule has 0 saturated carbocycles. The molecule has 3 saturated heterocycles. The van der Waals surface area contributed by atoms with Gasteiger partial charge in [-0.1, -0.05) is 0 Å². The molecule has 3 fully saturated rings. The number of carboxylic acids is 1. The van der Waals surface area contributed by atoms with E-state index in [0.717, 1.165) is 31.5 Å². The second kappa shape index (κ2) is 7.44. The summed E-state index contributed by atoms with van der Waals surface area (Å²) in [6.07, 6.45) is 2.46. The first-order valence-electron chi connectivity index (χ1n) is 10.4. The van der Waals surface area contributed by atoms with Crippen molar-refractivity contribution in [3.05, 3.63) is 11.3 Å². The number of hydrogen-bond acceptors (Lipinski definition) is 5. The van der Waals surface area contributed by atoms with Crippen LogP contribution in [0, 0.1) is 17.2 Å². The van der Waals surface area contributed by atoms with E-state index in [4.69, 9.17) is 5.41 Å². The first-order chi connectivity index (χ1) is 13.8. The molecule has 0 aromatic carbocycles. The normalized spacial score (nSPS) is 29.9. The first kappa shape index (κ1) is 19.9. The van der Waals surface area contributed by atoms with Crippen molar-refractivity contribution >= 4 is 23.6 Å². The first-order valence-corrected chi connectivity index (χ1v) is 10.4. The van der Waals surface area contributed by atoms with Crippen LogP contribution in [-0.2, 0) is 14.4 Å². The average Bonchev–Trinajstić information content (AvgIpc) is 3.38. The number of β-lactam (4-membered cyclic amide) rings is 1. The molecule has 4 rings (SSSR count). The molecule has 0 radical (unpaired) electrons. The van der Waals surface area contributed by atoms with Crippen molar-refractivity contribution in [2.75, 3.05) is 26.2 Å². The van der Waals surface area contributed by atoms with Crippen LogP contribution in [0.25, 0.3) is 0 Å². The Morgan fingerprint density at radius 2 is 1.90 bits per heavy atom. The third-order valence-corrected chi connectivity index (χ3v) is 6.81. The SMILES string of the molecule is C[C@@H](O)[C@H]1C(=O)N2C(C(=O)O)=C([C@@H]3CCN(C(=N)CC(=O)N4CCCC4)C3)C[C@H]12. The Kier molecular flexibility index (Phi) is 5.10. The predicted molar refractivity (Wildman–Crippen MR) is 103 cm³/mol. The van der Waals surface area contributed by atoms with E-state index in [2.05, 4.69) is 0 Å². The fraction of sp³-hybridized carbons (Fsp3) is 0.700. The molecule has 0 aliphatic carbocycles. The van der Waals surface area contributed by atoms with Crippen LogP contribution in [0.4, 0.5) is 0 Å². The number of nitrogens with one attached hydrogen (secondary N) is 1. The summed E-state index contributed by atoms with van der Waals surface area (Å²) >= 11 is 0. The molecule has 0 aromatic rings. The maximum Gasteiger partial charge on any atom is 0.352 e. The maximum absolute atomic E-state index is 12.4. The number of nitrogens with zero attached hydrogens (tertiary/aromatic N) is 3. The van der Waals surface area contributed by atoms with Gasteiger partial charge < -0.3 is 24.9 Å². The molecule has 9 nitrogen and oxygen atoms in total. The Morgan fingerprint density at radius 1 is 1.21 bits per heavy atom. The van der Waals surface area contributed by atoms with Crippen molar-refractivity contribution in [3.63, 3.8) is 0 Å². The average molecular weight is 404 g/mol. The Labute approximate surface area is 169 Å². The van der Waals surface area contributed by atoms with Gasteiger partial charge in [-0.3, -0.25) is 15.0 Å². The number of carbonyl (C=O) groups is 3. The lowest BCUT2D eigenvalue weighted by Gasteiger charge is -2.44. The number of fused-ring (bicyclic) bond motifs is 1. The van der Waals surface area contributed by atoms with Crippen molar-refractivity contribution < 1.29 is 24.6 Å². The molecule has 9 heteroatoms. The minimum Gasteiger partial charge on any atom is -0.477 e. The highest BCUT2D eigenvalue weighted by molar-refractivity contribution is 6.00. The fourth-order valence-corrected chi connectivity index (χ4v) is 5.29. The largest absolute Gasteiger partial charge is 0.477 e. The third kappa shape index (κ3) is 3.31. The highest BCUT2D eigenvalue weighted by atomic mass is 16.4. The summed E-state index contributed by atoms with van der Waals surface area (Å²) in [7, 11) is 0. The van der Waals surface area contributed by atoms with E-state index in [-0.39, 0.29) is 41.7 Å². The quantitative estimate of drug-likeness (QED) is 0.343. The van der Waals surface area contributed by atoms with Gasteiger partial charge in [0.05, 0.1) is 24.5 Å². The van der Waals surface area contributed by atoms with Gasteiger partial charge >= 0.3 is 5.97 Å². The number of carboxylic acid groups (broad SMARTS) is 1. The second-order valence-corrected chi connectivity index (χ2v) is 8.57. The number of amides is 2. The van der Waals surface area contributed by atoms with Gasteiger partial charge in [0.1, 0.15) is 11.5 Å². The molecule has 158 valence electrons. The number of aliphatic hydroxyl groups excluding tert-OH is 1. The zero-order valence-corrected chi connectivity index (χ0v) is 16.6. The summed E-state index contributed by atoms with van der Waals surface area (Å²) in [5.74, 6) is -1.78. The zero-order valence-electron chi connectivity index (χ0n) is 16.6. The van der Waals surface area contributed by atoms with Gasteiger partial charge in [-0.25, -0.2) is 4.79 Å². The van der Waals surface area contributed by atoms with Crippen molar-refractivity contribution in [2.45, 2.75) is 51.2 Å². The number of likely N-dealkylation sites (tertiary alicyclic amines) is 2. The van der Waals surface area contributed by atoms with Crippen molar-refractivity contribution in [1.82, 2.24) is 14.7 Å². The highest BCUT2D eigenvalue weighted by Gasteiger charge is 2.57. The van der Waals surface area contributed by atoms with E-state index in [0.29, 0.717) is 25.9 Å². The second-order valence-electron chi connectivity index (χ2n) is 8.57. The van der Waals surface area contributed by atoms with Crippen LogP contribution in [0.15, 0.2) is 11.3 Å². The number of hydrogen-bond donors (Lipinski definition) is 3. The molecule has 2 amide bonds.